The van der Waals surface area contributed by atoms with Gasteiger partial charge in [0.05, 0.1) is 0 Å². The van der Waals surface area contributed by atoms with E-state index in [-0.39, 0.29) is 0 Å². The Kier molecular flexibility index (Phi) is 129. The van der Waals surface area contributed by atoms with Crippen LogP contribution in [0.1, 0.15) is 20.8 Å². The highest BCUT2D eigenvalue weighted by Crippen LogP contribution is 1.34. The molecule has 0 fully saturated rings. The molecule has 0 radical (unpaired) electrons. The summed E-state index contributed by atoms with van der Waals surface area (Å²) in [5.41, 5.74) is 4.50. The fourth-order valence-electron chi connectivity index (χ4n) is 0. The molecule has 0 saturated heterocycles. The number of hydrogen-bond acceptors (Lipinski definition) is 2. The standard InChI is InChI=1S/C3H9N.C2H6.CH5N/c1-3-4-2;2*1-2/h4H,3H2,1-2H3;1-2H3;2H2,1H3. The Bertz CT molecular complexity index is 8.49. The van der Waals surface area contributed by atoms with Gasteiger partial charge in [-0.2, -0.15) is 0 Å². The van der Waals surface area contributed by atoms with Crippen molar-refractivity contribution in [1.82, 2.24) is 5.32 Å². The van der Waals surface area contributed by atoms with E-state index in [2.05, 4.69) is 18.0 Å². The average molecular weight is 120 g/mol. The summed E-state index contributed by atoms with van der Waals surface area (Å²) in [5.74, 6) is 0. The van der Waals surface area contributed by atoms with E-state index in [9.17, 15) is 0 Å². The second kappa shape index (κ2) is 65.8. The first-order valence-corrected chi connectivity index (χ1v) is 3.14. The third-order valence-corrected chi connectivity index (χ3v) is 0.354. The summed E-state index contributed by atoms with van der Waals surface area (Å²) < 4.78 is 0. The molecule has 0 heterocycles. The molecule has 0 atom stereocenters. The Labute approximate surface area is 53.5 Å². The maximum Gasteiger partial charge on any atom is -0.00804 e. The first-order chi connectivity index (χ1) is 3.91. The fraction of sp³-hybridized carbons (Fsp3) is 1.00. The second-order valence-corrected chi connectivity index (χ2v) is 0.707. The van der Waals surface area contributed by atoms with Crippen molar-refractivity contribution in [1.29, 1.82) is 0 Å². The molecule has 2 nitrogen and oxygen atoms in total. The molecule has 0 rings (SSSR count). The van der Waals surface area contributed by atoms with E-state index in [1.807, 2.05) is 20.9 Å². The first-order valence-electron chi connectivity index (χ1n) is 3.14. The lowest BCUT2D eigenvalue weighted by molar-refractivity contribution is 0.864. The minimum atomic E-state index is 1.07. The summed E-state index contributed by atoms with van der Waals surface area (Å²) in [6.07, 6.45) is 0. The molecule has 0 aromatic heterocycles. The van der Waals surface area contributed by atoms with Crippen LogP contribution < -0.4 is 11.1 Å². The minimum Gasteiger partial charge on any atom is -0.333 e. The van der Waals surface area contributed by atoms with Gasteiger partial charge in [0.15, 0.2) is 0 Å². The predicted octanol–water partition coefficient (Wildman–Crippen LogP) is 0.827. The largest absolute Gasteiger partial charge is 0.333 e. The van der Waals surface area contributed by atoms with Gasteiger partial charge < -0.3 is 11.1 Å². The van der Waals surface area contributed by atoms with Gasteiger partial charge in [-0.1, -0.05) is 20.8 Å². The topological polar surface area (TPSA) is 38.0 Å². The van der Waals surface area contributed by atoms with Gasteiger partial charge in [0.25, 0.3) is 0 Å². The van der Waals surface area contributed by atoms with Crippen LogP contribution >= 0.6 is 0 Å². The number of rotatable bonds is 1. The van der Waals surface area contributed by atoms with Crippen molar-refractivity contribution in [3.8, 4) is 0 Å². The molecule has 0 unspecified atom stereocenters. The Balaban J connectivity index is -0.0000000542. The summed E-state index contributed by atoms with van der Waals surface area (Å²) in [5, 5.41) is 2.93. The lowest BCUT2D eigenvalue weighted by atomic mass is 10.8. The van der Waals surface area contributed by atoms with Crippen LogP contribution in [0.3, 0.4) is 0 Å². The Morgan fingerprint density at radius 1 is 1.25 bits per heavy atom. The Morgan fingerprint density at radius 3 is 1.38 bits per heavy atom. The van der Waals surface area contributed by atoms with Gasteiger partial charge in [-0.3, -0.25) is 0 Å². The van der Waals surface area contributed by atoms with Crippen LogP contribution in [-0.2, 0) is 0 Å². The van der Waals surface area contributed by atoms with Crippen molar-refractivity contribution < 1.29 is 0 Å². The van der Waals surface area contributed by atoms with Crippen molar-refractivity contribution in [3.05, 3.63) is 0 Å². The molecule has 0 aliphatic rings. The maximum absolute atomic E-state index is 4.50. The summed E-state index contributed by atoms with van der Waals surface area (Å²) in [6.45, 7) is 7.14. The highest BCUT2D eigenvalue weighted by molar-refractivity contribution is 4.15. The molecular formula is C6H20N2. The van der Waals surface area contributed by atoms with Crippen LogP contribution in [0, 0.1) is 0 Å². The Morgan fingerprint density at radius 2 is 1.38 bits per heavy atom. The van der Waals surface area contributed by atoms with Crippen molar-refractivity contribution in [2.75, 3.05) is 20.6 Å². The summed E-state index contributed by atoms with van der Waals surface area (Å²) in [4.78, 5) is 0. The molecule has 0 saturated carbocycles. The van der Waals surface area contributed by atoms with E-state index >= 15 is 0 Å². The molecular weight excluding hydrogens is 100 g/mol. The summed E-state index contributed by atoms with van der Waals surface area (Å²) >= 11 is 0. The van der Waals surface area contributed by atoms with E-state index in [0.717, 1.165) is 6.54 Å². The molecule has 0 aliphatic heterocycles. The molecule has 8 heavy (non-hydrogen) atoms. The van der Waals surface area contributed by atoms with Crippen LogP contribution in [0.25, 0.3) is 0 Å². The smallest absolute Gasteiger partial charge is 0.00804 e. The van der Waals surface area contributed by atoms with Crippen LogP contribution in [0.5, 0.6) is 0 Å². The SMILES string of the molecule is CC.CCNC.CN. The zero-order chi connectivity index (χ0) is 7.41. The zero-order valence-corrected chi connectivity index (χ0v) is 6.78. The average Bonchev–Trinajstić information content (AvgIpc) is 1.96. The van der Waals surface area contributed by atoms with Crippen molar-refractivity contribution >= 4 is 0 Å². The van der Waals surface area contributed by atoms with E-state index in [1.54, 1.807) is 0 Å². The third-order valence-electron chi connectivity index (χ3n) is 0.354. The first kappa shape index (κ1) is 15.7. The highest BCUT2D eigenvalue weighted by atomic mass is 14.8. The van der Waals surface area contributed by atoms with Crippen LogP contribution in [0.4, 0.5) is 0 Å². The van der Waals surface area contributed by atoms with Gasteiger partial charge in [0.2, 0.25) is 0 Å². The third kappa shape index (κ3) is 169. The Hall–Kier alpha value is -0.0800. The van der Waals surface area contributed by atoms with Crippen molar-refractivity contribution in [2.45, 2.75) is 20.8 Å². The van der Waals surface area contributed by atoms with E-state index < -0.39 is 0 Å². The van der Waals surface area contributed by atoms with E-state index in [0.29, 0.717) is 0 Å². The number of hydrogen-bond donors (Lipinski definition) is 2. The summed E-state index contributed by atoms with van der Waals surface area (Å²) in [6, 6.07) is 0. The molecule has 0 aliphatic carbocycles. The normalized spacial score (nSPS) is 5.25. The highest BCUT2D eigenvalue weighted by Gasteiger charge is 1.50. The van der Waals surface area contributed by atoms with Gasteiger partial charge in [0, 0.05) is 0 Å². The van der Waals surface area contributed by atoms with Gasteiger partial charge in [0.1, 0.15) is 0 Å². The van der Waals surface area contributed by atoms with Crippen LogP contribution in [0.2, 0.25) is 0 Å². The molecule has 2 heteroatoms. The van der Waals surface area contributed by atoms with Crippen molar-refractivity contribution in [2.24, 2.45) is 5.73 Å². The summed E-state index contributed by atoms with van der Waals surface area (Å²) in [7, 11) is 3.43. The van der Waals surface area contributed by atoms with Gasteiger partial charge in [-0.25, -0.2) is 0 Å². The van der Waals surface area contributed by atoms with Crippen LogP contribution in [0.15, 0.2) is 0 Å². The predicted molar refractivity (Wildman–Crippen MR) is 41.1 cm³/mol. The number of nitrogens with one attached hydrogen (secondary N) is 1. The lowest BCUT2D eigenvalue weighted by Gasteiger charge is -1.76. The van der Waals surface area contributed by atoms with Gasteiger partial charge >= 0.3 is 0 Å². The molecule has 0 aromatic carbocycles. The van der Waals surface area contributed by atoms with Gasteiger partial charge in [-0.05, 0) is 20.6 Å². The monoisotopic (exact) mass is 120 g/mol. The maximum atomic E-state index is 4.50. The molecule has 0 spiro atoms. The molecule has 54 valence electrons. The quantitative estimate of drug-likeness (QED) is 0.538. The second-order valence-electron chi connectivity index (χ2n) is 0.707. The number of nitrogens with two attached hydrogens (primary N) is 1. The zero-order valence-electron chi connectivity index (χ0n) is 6.78. The molecule has 0 bridgehead atoms. The van der Waals surface area contributed by atoms with Gasteiger partial charge in [-0.15, -0.1) is 0 Å². The fourth-order valence-corrected chi connectivity index (χ4v) is 0. The molecule has 3 N–H and O–H groups in total. The minimum absolute atomic E-state index is 1.07. The molecule has 0 aromatic rings. The van der Waals surface area contributed by atoms with E-state index in [4.69, 9.17) is 0 Å². The van der Waals surface area contributed by atoms with Crippen molar-refractivity contribution in [3.63, 3.8) is 0 Å². The molecule has 0 amide bonds. The lowest BCUT2D eigenvalue weighted by Crippen LogP contribution is -2.01. The van der Waals surface area contributed by atoms with E-state index in [1.165, 1.54) is 7.05 Å². The van der Waals surface area contributed by atoms with Crippen LogP contribution in [-0.4, -0.2) is 20.6 Å².